The molecule has 5 rings (SSSR count). The van der Waals surface area contributed by atoms with Gasteiger partial charge in [0.2, 0.25) is 11.7 Å². The molecule has 1 aromatic carbocycles. The van der Waals surface area contributed by atoms with Crippen molar-refractivity contribution in [1.82, 2.24) is 35.3 Å². The van der Waals surface area contributed by atoms with E-state index in [2.05, 4.69) is 30.8 Å². The Morgan fingerprint density at radius 3 is 2.71 bits per heavy atom. The van der Waals surface area contributed by atoms with Gasteiger partial charge in [0, 0.05) is 29.1 Å². The molecule has 0 saturated heterocycles. The Hall–Kier alpha value is -4.42. The molecule has 3 N–H and O–H groups in total. The van der Waals surface area contributed by atoms with Crippen molar-refractivity contribution in [2.45, 2.75) is 26.2 Å². The van der Waals surface area contributed by atoms with Gasteiger partial charge in [-0.05, 0) is 25.1 Å². The number of aliphatic hydroxyl groups excluding tert-OH is 2. The Labute approximate surface area is 198 Å². The first-order valence-corrected chi connectivity index (χ1v) is 10.8. The molecule has 0 fully saturated rings. The summed E-state index contributed by atoms with van der Waals surface area (Å²) in [4.78, 5) is 16.5. The van der Waals surface area contributed by atoms with Gasteiger partial charge in [-0.3, -0.25) is 9.78 Å². The molecule has 0 aliphatic carbocycles. The second kappa shape index (κ2) is 9.44. The maximum atomic E-state index is 12.2. The van der Waals surface area contributed by atoms with Crippen LogP contribution in [0.5, 0.6) is 5.88 Å². The Morgan fingerprint density at radius 1 is 1.17 bits per heavy atom. The zero-order valence-corrected chi connectivity index (χ0v) is 18.6. The fourth-order valence-electron chi connectivity index (χ4n) is 3.45. The summed E-state index contributed by atoms with van der Waals surface area (Å²) >= 11 is 0. The van der Waals surface area contributed by atoms with E-state index in [0.717, 1.165) is 10.8 Å². The third-order valence-electron chi connectivity index (χ3n) is 5.27. The fourth-order valence-corrected chi connectivity index (χ4v) is 3.45. The van der Waals surface area contributed by atoms with E-state index in [1.165, 1.54) is 10.7 Å². The highest BCUT2D eigenvalue weighted by Crippen LogP contribution is 2.29. The van der Waals surface area contributed by atoms with Crippen molar-refractivity contribution in [1.29, 1.82) is 0 Å². The number of benzene rings is 1. The van der Waals surface area contributed by atoms with Gasteiger partial charge in [0.1, 0.15) is 13.2 Å². The molecule has 0 radical (unpaired) electrons. The summed E-state index contributed by atoms with van der Waals surface area (Å²) in [5.74, 6) is 0.648. The minimum atomic E-state index is -0.352. The second-order valence-electron chi connectivity index (χ2n) is 7.83. The monoisotopic (exact) mass is 475 g/mol. The Balaban J connectivity index is 1.43. The minimum Gasteiger partial charge on any atom is -0.470 e. The van der Waals surface area contributed by atoms with Crippen LogP contribution in [0.2, 0.25) is 0 Å². The van der Waals surface area contributed by atoms with Crippen molar-refractivity contribution in [3.63, 3.8) is 0 Å². The molecule has 0 aliphatic rings. The number of ether oxygens (including phenoxy) is 1. The number of aliphatic hydroxyl groups is 2. The average Bonchev–Trinajstić information content (AvgIpc) is 3.54. The Morgan fingerprint density at radius 2 is 2.00 bits per heavy atom. The van der Waals surface area contributed by atoms with E-state index in [4.69, 9.17) is 14.4 Å². The highest BCUT2D eigenvalue weighted by Gasteiger charge is 2.19. The molecule has 178 valence electrons. The summed E-state index contributed by atoms with van der Waals surface area (Å²) in [6.45, 7) is 1.37. The van der Waals surface area contributed by atoms with Crippen LogP contribution in [0.3, 0.4) is 0 Å². The molecule has 1 unspecified atom stereocenters. The molecular formula is C23H21N7O5. The van der Waals surface area contributed by atoms with Crippen molar-refractivity contribution in [2.24, 2.45) is 0 Å². The lowest BCUT2D eigenvalue weighted by atomic mass is 10.2. The zero-order valence-electron chi connectivity index (χ0n) is 18.6. The number of nitrogens with zero attached hydrogens (tertiary/aromatic N) is 6. The van der Waals surface area contributed by atoms with Gasteiger partial charge in [-0.2, -0.15) is 4.52 Å². The first-order chi connectivity index (χ1) is 17.1. The largest absolute Gasteiger partial charge is 0.470 e. The van der Waals surface area contributed by atoms with E-state index in [9.17, 15) is 9.90 Å². The summed E-state index contributed by atoms with van der Waals surface area (Å²) in [7, 11) is 0. The molecule has 0 saturated carbocycles. The topological polar surface area (TPSA) is 161 Å². The molecule has 0 aliphatic heterocycles. The summed E-state index contributed by atoms with van der Waals surface area (Å²) < 4.78 is 12.6. The molecule has 4 heterocycles. The van der Waals surface area contributed by atoms with Gasteiger partial charge in [-0.15, -0.1) is 15.3 Å². The van der Waals surface area contributed by atoms with Crippen molar-refractivity contribution in [2.75, 3.05) is 6.61 Å². The van der Waals surface area contributed by atoms with Gasteiger partial charge in [0.15, 0.2) is 17.1 Å². The predicted molar refractivity (Wildman–Crippen MR) is 122 cm³/mol. The van der Waals surface area contributed by atoms with E-state index in [1.807, 2.05) is 24.3 Å². The summed E-state index contributed by atoms with van der Waals surface area (Å²) in [5.41, 5.74) is 1.86. The van der Waals surface area contributed by atoms with Gasteiger partial charge < -0.3 is 24.8 Å². The van der Waals surface area contributed by atoms with Crippen LogP contribution in [-0.2, 0) is 13.2 Å². The number of hydrogen-bond donors (Lipinski definition) is 3. The smallest absolute Gasteiger partial charge is 0.253 e. The number of carbonyl (C=O) groups is 1. The zero-order chi connectivity index (χ0) is 24.4. The second-order valence-corrected chi connectivity index (χ2v) is 7.83. The molecule has 5 aromatic rings. The van der Waals surface area contributed by atoms with Crippen LogP contribution >= 0.6 is 0 Å². The number of pyridine rings is 1. The maximum absolute atomic E-state index is 12.2. The quantitative estimate of drug-likeness (QED) is 0.300. The SMILES string of the molecule is CC(CO)NC(=O)c1ccc(COc2nn3c(-c4cc(CO)on4)nnc3c3ccccc23)nc1. The number of fused-ring (bicyclic) bond motifs is 3. The summed E-state index contributed by atoms with van der Waals surface area (Å²) in [6, 6.07) is 12.0. The molecule has 1 atom stereocenters. The number of rotatable bonds is 8. The van der Waals surface area contributed by atoms with Crippen LogP contribution in [-0.4, -0.2) is 58.7 Å². The number of nitrogens with one attached hydrogen (secondary N) is 1. The third kappa shape index (κ3) is 4.39. The summed E-state index contributed by atoms with van der Waals surface area (Å²) in [6.07, 6.45) is 1.45. The number of amides is 1. The fraction of sp³-hybridized carbons (Fsp3) is 0.217. The first kappa shape index (κ1) is 22.4. The molecule has 35 heavy (non-hydrogen) atoms. The number of hydrogen-bond acceptors (Lipinski definition) is 10. The average molecular weight is 475 g/mol. The van der Waals surface area contributed by atoms with Crippen LogP contribution in [0.25, 0.3) is 27.9 Å². The van der Waals surface area contributed by atoms with Gasteiger partial charge in [-0.25, -0.2) is 0 Å². The van der Waals surface area contributed by atoms with Gasteiger partial charge in [0.05, 0.1) is 17.9 Å². The number of carbonyl (C=O) groups excluding carboxylic acids is 1. The van der Waals surface area contributed by atoms with Gasteiger partial charge >= 0.3 is 0 Å². The van der Waals surface area contributed by atoms with Crippen LogP contribution in [0.1, 0.15) is 28.7 Å². The third-order valence-corrected chi connectivity index (χ3v) is 5.27. The van der Waals surface area contributed by atoms with E-state index >= 15 is 0 Å². The van der Waals surface area contributed by atoms with E-state index in [0.29, 0.717) is 40.1 Å². The maximum Gasteiger partial charge on any atom is 0.253 e. The molecule has 1 amide bonds. The standard InChI is InChI=1S/C23H21N7O5/c1-13(10-31)25-22(33)14-6-7-15(24-9-14)12-34-23-18-5-3-2-4-17(18)20-26-27-21(30(20)28-23)19-8-16(11-32)35-29-19/h2-9,13,31-32H,10-12H2,1H3,(H,25,33). The Bertz CT molecular complexity index is 1500. The normalized spacial score (nSPS) is 12.2. The molecule has 12 heteroatoms. The lowest BCUT2D eigenvalue weighted by Gasteiger charge is -2.11. The van der Waals surface area contributed by atoms with Crippen LogP contribution in [0.4, 0.5) is 0 Å². The van der Waals surface area contributed by atoms with Crippen molar-refractivity contribution in [3.8, 4) is 17.4 Å². The van der Waals surface area contributed by atoms with E-state index < -0.39 is 0 Å². The lowest BCUT2D eigenvalue weighted by molar-refractivity contribution is 0.0922. The molecule has 4 aromatic heterocycles. The van der Waals surface area contributed by atoms with E-state index in [-0.39, 0.29) is 31.8 Å². The van der Waals surface area contributed by atoms with E-state index in [1.54, 1.807) is 25.1 Å². The summed E-state index contributed by atoms with van der Waals surface area (Å²) in [5, 5.41) is 39.5. The predicted octanol–water partition coefficient (Wildman–Crippen LogP) is 1.51. The molecular weight excluding hydrogens is 454 g/mol. The number of aromatic nitrogens is 6. The minimum absolute atomic E-state index is 0.105. The highest BCUT2D eigenvalue weighted by atomic mass is 16.5. The Kier molecular flexibility index (Phi) is 6.04. The van der Waals surface area contributed by atoms with Crippen molar-refractivity contribution < 1.29 is 24.3 Å². The van der Waals surface area contributed by atoms with Crippen LogP contribution in [0, 0.1) is 0 Å². The highest BCUT2D eigenvalue weighted by molar-refractivity contribution is 5.97. The lowest BCUT2D eigenvalue weighted by Crippen LogP contribution is -2.35. The first-order valence-electron chi connectivity index (χ1n) is 10.8. The van der Waals surface area contributed by atoms with Crippen LogP contribution < -0.4 is 10.1 Å². The molecule has 0 spiro atoms. The van der Waals surface area contributed by atoms with Gasteiger partial charge in [0.25, 0.3) is 5.91 Å². The van der Waals surface area contributed by atoms with Gasteiger partial charge in [-0.1, -0.05) is 23.4 Å². The van der Waals surface area contributed by atoms with Crippen molar-refractivity contribution in [3.05, 3.63) is 65.7 Å². The molecule has 0 bridgehead atoms. The molecule has 12 nitrogen and oxygen atoms in total. The van der Waals surface area contributed by atoms with Crippen molar-refractivity contribution >= 4 is 22.3 Å². The van der Waals surface area contributed by atoms with Crippen LogP contribution in [0.15, 0.2) is 53.2 Å².